The van der Waals surface area contributed by atoms with Crippen molar-refractivity contribution >= 4 is 11.8 Å². The Kier molecular flexibility index (Phi) is 7.55. The van der Waals surface area contributed by atoms with E-state index >= 15 is 0 Å². The van der Waals surface area contributed by atoms with E-state index in [9.17, 15) is 19.1 Å². The molecule has 0 unspecified atom stereocenters. The van der Waals surface area contributed by atoms with Crippen molar-refractivity contribution in [2.24, 2.45) is 0 Å². The summed E-state index contributed by atoms with van der Waals surface area (Å²) in [5.74, 6) is -0.657. The van der Waals surface area contributed by atoms with Crippen LogP contribution in [0.2, 0.25) is 0 Å². The smallest absolute Gasteiger partial charge is 0.257 e. The van der Waals surface area contributed by atoms with Crippen LogP contribution in [0.4, 0.5) is 4.39 Å². The van der Waals surface area contributed by atoms with E-state index in [2.05, 4.69) is 15.6 Å². The number of aromatic nitrogens is 1. The van der Waals surface area contributed by atoms with Crippen LogP contribution in [-0.2, 0) is 13.1 Å². The van der Waals surface area contributed by atoms with E-state index in [1.807, 2.05) is 24.3 Å². The molecule has 7 nitrogen and oxygen atoms in total. The third kappa shape index (κ3) is 6.04. The van der Waals surface area contributed by atoms with E-state index in [1.54, 1.807) is 37.3 Å². The van der Waals surface area contributed by atoms with Crippen LogP contribution in [-0.4, -0.2) is 21.9 Å². The molecule has 0 spiro atoms. The van der Waals surface area contributed by atoms with Crippen LogP contribution in [0.15, 0.2) is 85.1 Å². The minimum atomic E-state index is -0.389. The second-order valence-electron chi connectivity index (χ2n) is 8.07. The lowest BCUT2D eigenvalue weighted by molar-refractivity contribution is 0.0939. The molecule has 3 N–H and O–H groups in total. The highest BCUT2D eigenvalue weighted by atomic mass is 19.1. The second-order valence-corrected chi connectivity index (χ2v) is 8.07. The quantitative estimate of drug-likeness (QED) is 0.330. The molecule has 0 saturated heterocycles. The summed E-state index contributed by atoms with van der Waals surface area (Å²) in [6, 6.07) is 21.1. The monoisotopic (exact) mass is 485 g/mol. The van der Waals surface area contributed by atoms with E-state index in [0.29, 0.717) is 17.9 Å². The van der Waals surface area contributed by atoms with Crippen LogP contribution in [0.3, 0.4) is 0 Å². The molecule has 0 saturated carbocycles. The predicted octanol–water partition coefficient (Wildman–Crippen LogP) is 4.89. The number of benzene rings is 3. The first-order valence-corrected chi connectivity index (χ1v) is 11.2. The van der Waals surface area contributed by atoms with Crippen molar-refractivity contribution in [3.63, 3.8) is 0 Å². The molecule has 1 heterocycles. The maximum absolute atomic E-state index is 13.1. The Hall–Kier alpha value is -4.72. The molecule has 36 heavy (non-hydrogen) atoms. The highest BCUT2D eigenvalue weighted by Gasteiger charge is 2.15. The van der Waals surface area contributed by atoms with Crippen molar-refractivity contribution in [2.45, 2.75) is 20.0 Å². The number of aromatic hydroxyl groups is 1. The minimum absolute atomic E-state index is 0.0269. The average Bonchev–Trinajstić information content (AvgIpc) is 2.89. The van der Waals surface area contributed by atoms with Gasteiger partial charge in [-0.05, 0) is 66.1 Å². The SMILES string of the molecule is Cc1cccc(C(=O)NCc2ccc(CNC(=O)c3cccnc3Oc3ccc(F)cc3)cc2)c1O. The summed E-state index contributed by atoms with van der Waals surface area (Å²) in [6.45, 7) is 2.30. The Morgan fingerprint density at radius 3 is 2.06 bits per heavy atom. The molecule has 0 radical (unpaired) electrons. The van der Waals surface area contributed by atoms with Crippen LogP contribution in [0.25, 0.3) is 0 Å². The number of amides is 2. The lowest BCUT2D eigenvalue weighted by Gasteiger charge is -2.11. The Morgan fingerprint density at radius 1 is 0.833 bits per heavy atom. The number of carbonyl (C=O) groups excluding carboxylic acids is 2. The Morgan fingerprint density at radius 2 is 1.42 bits per heavy atom. The molecular weight excluding hydrogens is 461 g/mol. The van der Waals surface area contributed by atoms with Crippen LogP contribution < -0.4 is 15.4 Å². The average molecular weight is 486 g/mol. The fraction of sp³-hybridized carbons (Fsp3) is 0.107. The zero-order valence-electron chi connectivity index (χ0n) is 19.5. The van der Waals surface area contributed by atoms with Gasteiger partial charge in [0.15, 0.2) is 0 Å². The number of rotatable bonds is 8. The lowest BCUT2D eigenvalue weighted by atomic mass is 10.1. The fourth-order valence-electron chi connectivity index (χ4n) is 3.43. The van der Waals surface area contributed by atoms with Crippen molar-refractivity contribution in [3.05, 3.63) is 119 Å². The standard InChI is InChI=1S/C28H24FN3O4/c1-18-4-2-5-23(25(18)33)26(34)31-16-19-7-9-20(10-8-19)17-32-27(35)24-6-3-15-30-28(24)36-22-13-11-21(29)12-14-22/h2-15,33H,16-17H2,1H3,(H,31,34)(H,32,35). The predicted molar refractivity (Wildman–Crippen MR) is 132 cm³/mol. The summed E-state index contributed by atoms with van der Waals surface area (Å²) in [7, 11) is 0. The van der Waals surface area contributed by atoms with Gasteiger partial charge in [-0.1, -0.05) is 36.4 Å². The molecule has 0 bridgehead atoms. The van der Waals surface area contributed by atoms with Crippen molar-refractivity contribution in [1.82, 2.24) is 15.6 Å². The maximum Gasteiger partial charge on any atom is 0.257 e. The van der Waals surface area contributed by atoms with Gasteiger partial charge in [0.2, 0.25) is 5.88 Å². The van der Waals surface area contributed by atoms with Crippen molar-refractivity contribution in [3.8, 4) is 17.4 Å². The molecular formula is C28H24FN3O4. The highest BCUT2D eigenvalue weighted by Crippen LogP contribution is 2.23. The van der Waals surface area contributed by atoms with Gasteiger partial charge in [0.25, 0.3) is 11.8 Å². The summed E-state index contributed by atoms with van der Waals surface area (Å²) >= 11 is 0. The molecule has 4 rings (SSSR count). The number of pyridine rings is 1. The van der Waals surface area contributed by atoms with Gasteiger partial charge >= 0.3 is 0 Å². The summed E-state index contributed by atoms with van der Waals surface area (Å²) in [6.07, 6.45) is 1.51. The van der Waals surface area contributed by atoms with Gasteiger partial charge in [0.1, 0.15) is 22.9 Å². The molecule has 0 aliphatic heterocycles. The summed E-state index contributed by atoms with van der Waals surface area (Å²) in [5, 5.41) is 15.7. The molecule has 0 fully saturated rings. The number of ether oxygens (including phenoxy) is 1. The molecule has 0 aliphatic carbocycles. The normalized spacial score (nSPS) is 10.5. The van der Waals surface area contributed by atoms with E-state index in [-0.39, 0.29) is 46.9 Å². The number of nitrogens with zero attached hydrogens (tertiary/aromatic N) is 1. The molecule has 2 amide bonds. The summed E-state index contributed by atoms with van der Waals surface area (Å²) < 4.78 is 18.8. The Balaban J connectivity index is 1.32. The number of nitrogens with one attached hydrogen (secondary N) is 2. The van der Waals surface area contributed by atoms with E-state index < -0.39 is 0 Å². The van der Waals surface area contributed by atoms with Crippen molar-refractivity contribution < 1.29 is 23.8 Å². The Bertz CT molecular complexity index is 1370. The van der Waals surface area contributed by atoms with E-state index in [4.69, 9.17) is 4.74 Å². The fourth-order valence-corrected chi connectivity index (χ4v) is 3.43. The third-order valence-corrected chi connectivity index (χ3v) is 5.46. The van der Waals surface area contributed by atoms with Gasteiger partial charge in [-0.3, -0.25) is 9.59 Å². The number of aryl methyl sites for hydroxylation is 1. The molecule has 4 aromatic rings. The highest BCUT2D eigenvalue weighted by molar-refractivity contribution is 5.97. The van der Waals surface area contributed by atoms with Gasteiger partial charge in [0, 0.05) is 19.3 Å². The summed E-state index contributed by atoms with van der Waals surface area (Å²) in [5.41, 5.74) is 2.84. The van der Waals surface area contributed by atoms with Crippen LogP contribution in [0.5, 0.6) is 17.4 Å². The van der Waals surface area contributed by atoms with E-state index in [0.717, 1.165) is 11.1 Å². The molecule has 182 valence electrons. The number of phenols is 1. The van der Waals surface area contributed by atoms with Gasteiger partial charge < -0.3 is 20.5 Å². The van der Waals surface area contributed by atoms with Gasteiger partial charge in [-0.25, -0.2) is 9.37 Å². The molecule has 0 atom stereocenters. The topological polar surface area (TPSA) is 101 Å². The first kappa shape index (κ1) is 24.4. The number of hydrogen-bond donors (Lipinski definition) is 3. The third-order valence-electron chi connectivity index (χ3n) is 5.46. The molecule has 8 heteroatoms. The minimum Gasteiger partial charge on any atom is -0.507 e. The van der Waals surface area contributed by atoms with Crippen LogP contribution >= 0.6 is 0 Å². The number of halogens is 1. The van der Waals surface area contributed by atoms with Gasteiger partial charge in [0.05, 0.1) is 5.56 Å². The molecule has 3 aromatic carbocycles. The number of phenolic OH excluding ortho intramolecular Hbond substituents is 1. The van der Waals surface area contributed by atoms with Gasteiger partial charge in [-0.15, -0.1) is 0 Å². The van der Waals surface area contributed by atoms with Gasteiger partial charge in [-0.2, -0.15) is 0 Å². The first-order valence-electron chi connectivity index (χ1n) is 11.2. The largest absolute Gasteiger partial charge is 0.507 e. The van der Waals surface area contributed by atoms with Crippen molar-refractivity contribution in [2.75, 3.05) is 0 Å². The van der Waals surface area contributed by atoms with Crippen molar-refractivity contribution in [1.29, 1.82) is 0 Å². The van der Waals surface area contributed by atoms with Crippen LogP contribution in [0.1, 0.15) is 37.4 Å². The lowest BCUT2D eigenvalue weighted by Crippen LogP contribution is -2.24. The molecule has 0 aliphatic rings. The second kappa shape index (κ2) is 11.1. The summed E-state index contributed by atoms with van der Waals surface area (Å²) in [4.78, 5) is 29.3. The zero-order valence-corrected chi connectivity index (χ0v) is 19.5. The first-order chi connectivity index (χ1) is 17.4. The number of para-hydroxylation sites is 1. The van der Waals surface area contributed by atoms with Crippen LogP contribution in [0, 0.1) is 12.7 Å². The van der Waals surface area contributed by atoms with E-state index in [1.165, 1.54) is 30.5 Å². The maximum atomic E-state index is 13.1. The molecule has 1 aromatic heterocycles. The Labute approximate surface area is 207 Å². The number of carbonyl (C=O) groups is 2. The zero-order chi connectivity index (χ0) is 25.5. The number of hydrogen-bond acceptors (Lipinski definition) is 5.